The van der Waals surface area contributed by atoms with Gasteiger partial charge in [-0.25, -0.2) is 0 Å². The molecule has 6 heteroatoms. The van der Waals surface area contributed by atoms with Crippen LogP contribution in [0.15, 0.2) is 0 Å². The van der Waals surface area contributed by atoms with Gasteiger partial charge >= 0.3 is 6.18 Å². The lowest BCUT2D eigenvalue weighted by atomic mass is 10.4. The highest BCUT2D eigenvalue weighted by Gasteiger charge is 2.33. The first-order valence-electron chi connectivity index (χ1n) is 2.94. The molecule has 0 heterocycles. The molecule has 0 unspecified atom stereocenters. The molecule has 0 saturated heterocycles. The number of hydrogen-bond acceptors (Lipinski definition) is 2. The maximum Gasteiger partial charge on any atom is 0.441 e. The molecule has 11 heavy (non-hydrogen) atoms. The van der Waals surface area contributed by atoms with E-state index in [9.17, 15) is 13.2 Å². The third kappa shape index (κ3) is 4.97. The van der Waals surface area contributed by atoms with Crippen LogP contribution in [0.1, 0.15) is 6.42 Å². The van der Waals surface area contributed by atoms with Gasteiger partial charge in [-0.2, -0.15) is 13.2 Å². The highest BCUT2D eigenvalue weighted by atomic mass is 32.1. The topological polar surface area (TPSA) is 32.3 Å². The number of aliphatic hydroxyl groups is 1. The van der Waals surface area contributed by atoms with Crippen LogP contribution in [0.4, 0.5) is 13.2 Å². The van der Waals surface area contributed by atoms with Crippen molar-refractivity contribution in [2.24, 2.45) is 0 Å². The minimum absolute atomic E-state index is 0.0504. The zero-order valence-corrected chi connectivity index (χ0v) is 6.43. The monoisotopic (exact) mass is 187 g/mol. The Morgan fingerprint density at radius 3 is 2.36 bits per heavy atom. The van der Waals surface area contributed by atoms with Gasteiger partial charge in [0.05, 0.1) is 0 Å². The van der Waals surface area contributed by atoms with E-state index in [-0.39, 0.29) is 19.6 Å². The number of halogens is 3. The molecule has 0 rings (SSSR count). The normalized spacial score (nSPS) is 11.3. The maximum absolute atomic E-state index is 11.6. The third-order valence-corrected chi connectivity index (χ3v) is 1.25. The minimum Gasteiger partial charge on any atom is -0.396 e. The Balaban J connectivity index is 3.54. The molecule has 0 aromatic carbocycles. The fourth-order valence-corrected chi connectivity index (χ4v) is 0.483. The zero-order valence-electron chi connectivity index (χ0n) is 5.61. The Kier molecular flexibility index (Phi) is 4.36. The van der Waals surface area contributed by atoms with Gasteiger partial charge in [-0.05, 0) is 6.42 Å². The van der Waals surface area contributed by atoms with Crippen LogP contribution in [0, 0.1) is 0 Å². The summed E-state index contributed by atoms with van der Waals surface area (Å²) in [4.78, 5) is -1.13. The summed E-state index contributed by atoms with van der Waals surface area (Å²) in [5, 5.41) is 10.2. The quantitative estimate of drug-likeness (QED) is 0.507. The number of aliphatic hydroxyl groups excluding tert-OH is 1. The second kappa shape index (κ2) is 4.50. The molecule has 66 valence electrons. The van der Waals surface area contributed by atoms with E-state index in [0.717, 1.165) is 0 Å². The molecule has 0 aliphatic carbocycles. The average molecular weight is 187 g/mol. The summed E-state index contributed by atoms with van der Waals surface area (Å²) in [6.07, 6.45) is -4.19. The van der Waals surface area contributed by atoms with Crippen molar-refractivity contribution in [3.8, 4) is 0 Å². The van der Waals surface area contributed by atoms with E-state index in [1.807, 2.05) is 5.32 Å². The van der Waals surface area contributed by atoms with Crippen LogP contribution in [0.3, 0.4) is 0 Å². The second-order valence-corrected chi connectivity index (χ2v) is 2.24. The molecule has 0 atom stereocenters. The van der Waals surface area contributed by atoms with E-state index in [1.54, 1.807) is 0 Å². The summed E-state index contributed by atoms with van der Waals surface area (Å²) in [6.45, 7) is -0.0949. The minimum atomic E-state index is -4.45. The SMILES string of the molecule is OCCCNC(=S)C(F)(F)F. The number of rotatable bonds is 3. The molecule has 0 saturated carbocycles. The van der Waals surface area contributed by atoms with Gasteiger partial charge in [0.2, 0.25) is 0 Å². The smallest absolute Gasteiger partial charge is 0.396 e. The first-order chi connectivity index (χ1) is 4.98. The van der Waals surface area contributed by atoms with Crippen molar-refractivity contribution in [3.63, 3.8) is 0 Å². The Hall–Kier alpha value is -0.360. The molecule has 0 bridgehead atoms. The molecule has 0 spiro atoms. The van der Waals surface area contributed by atoms with Crippen molar-refractivity contribution in [3.05, 3.63) is 0 Å². The van der Waals surface area contributed by atoms with Crippen molar-refractivity contribution in [2.45, 2.75) is 12.6 Å². The van der Waals surface area contributed by atoms with E-state index in [4.69, 9.17) is 5.11 Å². The van der Waals surface area contributed by atoms with E-state index in [2.05, 4.69) is 12.2 Å². The molecule has 0 aliphatic heterocycles. The van der Waals surface area contributed by atoms with Gasteiger partial charge < -0.3 is 10.4 Å². The van der Waals surface area contributed by atoms with Crippen molar-refractivity contribution in [1.82, 2.24) is 5.32 Å². The summed E-state index contributed by atoms with van der Waals surface area (Å²) in [6, 6.07) is 0. The van der Waals surface area contributed by atoms with Crippen molar-refractivity contribution >= 4 is 17.2 Å². The second-order valence-electron chi connectivity index (χ2n) is 1.83. The van der Waals surface area contributed by atoms with Gasteiger partial charge in [-0.1, -0.05) is 12.2 Å². The lowest BCUT2D eigenvalue weighted by molar-refractivity contribution is -0.0592. The number of thiocarbonyl (C=S) groups is 1. The van der Waals surface area contributed by atoms with Gasteiger partial charge in [-0.3, -0.25) is 0 Å². The average Bonchev–Trinajstić information content (AvgIpc) is 1.86. The van der Waals surface area contributed by atoms with E-state index in [0.29, 0.717) is 0 Å². The Bertz CT molecular complexity index is 136. The number of alkyl halides is 3. The summed E-state index contributed by atoms with van der Waals surface area (Å²) in [5.74, 6) is 0. The first-order valence-corrected chi connectivity index (χ1v) is 3.35. The van der Waals surface area contributed by atoms with Gasteiger partial charge in [0.1, 0.15) is 0 Å². The van der Waals surface area contributed by atoms with Gasteiger partial charge in [0, 0.05) is 13.2 Å². The molecule has 0 amide bonds. The van der Waals surface area contributed by atoms with E-state index in [1.165, 1.54) is 0 Å². The molecule has 0 aliphatic rings. The number of hydrogen-bond donors (Lipinski definition) is 2. The lowest BCUT2D eigenvalue weighted by Crippen LogP contribution is -2.35. The predicted octanol–water partition coefficient (Wildman–Crippen LogP) is 0.848. The highest BCUT2D eigenvalue weighted by Crippen LogP contribution is 2.15. The van der Waals surface area contributed by atoms with Crippen molar-refractivity contribution in [2.75, 3.05) is 13.2 Å². The zero-order chi connectivity index (χ0) is 8.91. The van der Waals surface area contributed by atoms with Gasteiger partial charge in [0.15, 0.2) is 4.99 Å². The lowest BCUT2D eigenvalue weighted by Gasteiger charge is -2.09. The molecule has 0 aromatic rings. The summed E-state index contributed by atoms with van der Waals surface area (Å²) < 4.78 is 34.8. The summed E-state index contributed by atoms with van der Waals surface area (Å²) >= 11 is 3.99. The van der Waals surface area contributed by atoms with Crippen molar-refractivity contribution in [1.29, 1.82) is 0 Å². The van der Waals surface area contributed by atoms with E-state index >= 15 is 0 Å². The van der Waals surface area contributed by atoms with Gasteiger partial charge in [0.25, 0.3) is 0 Å². The third-order valence-electron chi connectivity index (χ3n) is 0.878. The van der Waals surface area contributed by atoms with Gasteiger partial charge in [-0.15, -0.1) is 0 Å². The summed E-state index contributed by atoms with van der Waals surface area (Å²) in [5.41, 5.74) is 0. The molecule has 2 N–H and O–H groups in total. The molecule has 0 fully saturated rings. The fourth-order valence-electron chi connectivity index (χ4n) is 0.381. The molecule has 0 aromatic heterocycles. The standard InChI is InChI=1S/C5H8F3NOS/c6-5(7,8)4(11)9-2-1-3-10/h10H,1-3H2,(H,9,11). The Morgan fingerprint density at radius 1 is 1.45 bits per heavy atom. The predicted molar refractivity (Wildman–Crippen MR) is 38.4 cm³/mol. The Labute approximate surface area is 67.4 Å². The maximum atomic E-state index is 11.6. The molecular formula is C5H8F3NOS. The van der Waals surface area contributed by atoms with Crippen LogP contribution in [-0.4, -0.2) is 29.4 Å². The fraction of sp³-hybridized carbons (Fsp3) is 0.800. The largest absolute Gasteiger partial charge is 0.441 e. The van der Waals surface area contributed by atoms with Crippen molar-refractivity contribution < 1.29 is 18.3 Å². The summed E-state index contributed by atoms with van der Waals surface area (Å²) in [7, 11) is 0. The molecule has 2 nitrogen and oxygen atoms in total. The van der Waals surface area contributed by atoms with Crippen LogP contribution in [0.25, 0.3) is 0 Å². The van der Waals surface area contributed by atoms with Crippen LogP contribution < -0.4 is 5.32 Å². The van der Waals surface area contributed by atoms with Crippen LogP contribution in [-0.2, 0) is 0 Å². The Morgan fingerprint density at radius 2 is 2.00 bits per heavy atom. The molecule has 0 radical (unpaired) electrons. The van der Waals surface area contributed by atoms with Crippen LogP contribution in [0.2, 0.25) is 0 Å². The van der Waals surface area contributed by atoms with Crippen LogP contribution in [0.5, 0.6) is 0 Å². The highest BCUT2D eigenvalue weighted by molar-refractivity contribution is 7.80. The first kappa shape index (κ1) is 10.6. The molecular weight excluding hydrogens is 179 g/mol. The van der Waals surface area contributed by atoms with E-state index < -0.39 is 11.2 Å². The number of nitrogens with one attached hydrogen (secondary N) is 1. The van der Waals surface area contributed by atoms with Crippen LogP contribution >= 0.6 is 12.2 Å².